The lowest BCUT2D eigenvalue weighted by atomic mass is 10.1. The van der Waals surface area contributed by atoms with Gasteiger partial charge >= 0.3 is 12.4 Å². The minimum Gasteiger partial charge on any atom is -0.368 e. The number of nitrogens with zero attached hydrogens (tertiary/aromatic N) is 5. The molecule has 0 radical (unpaired) electrons. The number of benzene rings is 2. The maximum atomic E-state index is 13.8. The fourth-order valence-electron chi connectivity index (χ4n) is 3.89. The smallest absolute Gasteiger partial charge is 0.368 e. The average Bonchev–Trinajstić information content (AvgIpc) is 3.32. The van der Waals surface area contributed by atoms with Gasteiger partial charge in [0.05, 0.1) is 28.1 Å². The topological polar surface area (TPSA) is 67.4 Å². The Morgan fingerprint density at radius 2 is 1.56 bits per heavy atom. The van der Waals surface area contributed by atoms with Crippen molar-refractivity contribution in [3.63, 3.8) is 0 Å². The molecule has 0 aliphatic carbocycles. The van der Waals surface area contributed by atoms with Crippen LogP contribution in [0.4, 0.5) is 43.4 Å². The third kappa shape index (κ3) is 4.63. The van der Waals surface area contributed by atoms with Crippen molar-refractivity contribution in [2.45, 2.75) is 12.4 Å². The maximum Gasteiger partial charge on any atom is 0.418 e. The molecule has 1 aromatic heterocycles. The van der Waals surface area contributed by atoms with Crippen molar-refractivity contribution in [2.75, 3.05) is 36.0 Å². The third-order valence-electron chi connectivity index (χ3n) is 5.54. The number of imidazole rings is 1. The Hall–Kier alpha value is -3.77. The Labute approximate surface area is 189 Å². The van der Waals surface area contributed by atoms with Gasteiger partial charge in [-0.15, -0.1) is 0 Å². The summed E-state index contributed by atoms with van der Waals surface area (Å²) in [6, 6.07) is 6.34. The number of piperazine rings is 1. The SMILES string of the molecule is O=[N+]([O-])c1cc(C(F)(F)F)c(N2CCN(c3cccc(C(F)(F)F)c3)CC2)cc1-n1ccnc1. The maximum absolute atomic E-state index is 13.8. The van der Waals surface area contributed by atoms with E-state index in [-0.39, 0.29) is 37.6 Å². The molecule has 34 heavy (non-hydrogen) atoms. The average molecular weight is 485 g/mol. The van der Waals surface area contributed by atoms with Crippen molar-refractivity contribution in [2.24, 2.45) is 0 Å². The van der Waals surface area contributed by atoms with E-state index >= 15 is 0 Å². The molecule has 1 fully saturated rings. The minimum atomic E-state index is -4.86. The molecule has 1 aliphatic rings. The highest BCUT2D eigenvalue weighted by molar-refractivity contribution is 5.68. The lowest BCUT2D eigenvalue weighted by molar-refractivity contribution is -0.384. The zero-order valence-electron chi connectivity index (χ0n) is 17.3. The van der Waals surface area contributed by atoms with Crippen LogP contribution < -0.4 is 9.80 Å². The molecule has 4 rings (SSSR count). The molecule has 0 saturated carbocycles. The first-order chi connectivity index (χ1) is 15.9. The van der Waals surface area contributed by atoms with Crippen molar-refractivity contribution >= 4 is 17.1 Å². The summed E-state index contributed by atoms with van der Waals surface area (Å²) in [5.74, 6) is 0. The molecule has 7 nitrogen and oxygen atoms in total. The lowest BCUT2D eigenvalue weighted by Crippen LogP contribution is -2.47. The molecule has 1 aliphatic heterocycles. The number of hydrogen-bond acceptors (Lipinski definition) is 5. The predicted octanol–water partition coefficient (Wildman–Crippen LogP) is 5.14. The van der Waals surface area contributed by atoms with Crippen LogP contribution in [0.1, 0.15) is 11.1 Å². The zero-order chi connectivity index (χ0) is 24.7. The monoisotopic (exact) mass is 485 g/mol. The molecule has 0 N–H and O–H groups in total. The highest BCUT2D eigenvalue weighted by Crippen LogP contribution is 2.42. The highest BCUT2D eigenvalue weighted by Gasteiger charge is 2.39. The highest BCUT2D eigenvalue weighted by atomic mass is 19.4. The normalized spacial score (nSPS) is 15.0. The van der Waals surface area contributed by atoms with Gasteiger partial charge in [-0.05, 0) is 24.3 Å². The van der Waals surface area contributed by atoms with Gasteiger partial charge < -0.3 is 14.4 Å². The fraction of sp³-hybridized carbons (Fsp3) is 0.286. The van der Waals surface area contributed by atoms with Crippen LogP contribution in [0, 0.1) is 10.1 Å². The Morgan fingerprint density at radius 1 is 0.882 bits per heavy atom. The molecule has 3 aromatic rings. The van der Waals surface area contributed by atoms with Gasteiger partial charge in [0.25, 0.3) is 5.69 Å². The summed E-state index contributed by atoms with van der Waals surface area (Å²) < 4.78 is 81.8. The summed E-state index contributed by atoms with van der Waals surface area (Å²) in [4.78, 5) is 17.5. The van der Waals surface area contributed by atoms with Crippen molar-refractivity contribution in [1.29, 1.82) is 0 Å². The second kappa shape index (κ2) is 8.54. The summed E-state index contributed by atoms with van der Waals surface area (Å²) in [5.41, 5.74) is -2.70. The van der Waals surface area contributed by atoms with Crippen LogP contribution >= 0.6 is 0 Å². The summed E-state index contributed by atoms with van der Waals surface area (Å²) in [6.45, 7) is 0.465. The second-order valence-electron chi connectivity index (χ2n) is 7.61. The minimum absolute atomic E-state index is 0.0699. The van der Waals surface area contributed by atoms with Crippen LogP contribution in [-0.2, 0) is 12.4 Å². The Kier molecular flexibility index (Phi) is 5.87. The van der Waals surface area contributed by atoms with Crippen LogP contribution in [-0.4, -0.2) is 40.7 Å². The number of nitro groups is 1. The van der Waals surface area contributed by atoms with Gasteiger partial charge in [-0.1, -0.05) is 6.07 Å². The quantitative estimate of drug-likeness (QED) is 0.291. The standard InChI is InChI=1S/C21H17F6N5O2/c22-20(23,24)14-2-1-3-15(10-14)29-6-8-30(9-7-29)17-12-18(31-5-4-28-13-31)19(32(33)34)11-16(17)21(25,26)27/h1-5,10-13H,6-9H2. The number of alkyl halides is 6. The van der Waals surface area contributed by atoms with Crippen LogP contribution in [0.25, 0.3) is 5.69 Å². The number of hydrogen-bond donors (Lipinski definition) is 0. The van der Waals surface area contributed by atoms with E-state index < -0.39 is 34.1 Å². The molecule has 180 valence electrons. The van der Waals surface area contributed by atoms with Crippen molar-refractivity contribution in [1.82, 2.24) is 9.55 Å². The van der Waals surface area contributed by atoms with E-state index in [2.05, 4.69) is 4.98 Å². The number of nitro benzene ring substituents is 1. The molecule has 2 aromatic carbocycles. The molecular formula is C21H17F6N5O2. The summed E-state index contributed by atoms with van der Waals surface area (Å²) in [6.07, 6.45) is -5.40. The van der Waals surface area contributed by atoms with Crippen LogP contribution in [0.15, 0.2) is 55.1 Å². The van der Waals surface area contributed by atoms with Crippen molar-refractivity contribution < 1.29 is 31.3 Å². The van der Waals surface area contributed by atoms with E-state index in [1.54, 1.807) is 4.90 Å². The second-order valence-corrected chi connectivity index (χ2v) is 7.61. The number of aromatic nitrogens is 2. The van der Waals surface area contributed by atoms with Gasteiger partial charge in [0.2, 0.25) is 0 Å². The van der Waals surface area contributed by atoms with Gasteiger partial charge in [0.15, 0.2) is 0 Å². The molecule has 0 amide bonds. The first-order valence-electron chi connectivity index (χ1n) is 10.0. The van der Waals surface area contributed by atoms with E-state index in [1.807, 2.05) is 0 Å². The molecule has 0 bridgehead atoms. The van der Waals surface area contributed by atoms with Crippen molar-refractivity contribution in [3.8, 4) is 5.69 Å². The van der Waals surface area contributed by atoms with E-state index in [0.29, 0.717) is 11.8 Å². The van der Waals surface area contributed by atoms with Gasteiger partial charge in [-0.2, -0.15) is 26.3 Å². The third-order valence-corrected chi connectivity index (χ3v) is 5.54. The summed E-state index contributed by atoms with van der Waals surface area (Å²) in [5, 5.41) is 11.5. The van der Waals surface area contributed by atoms with Gasteiger partial charge in [0.1, 0.15) is 5.69 Å². The van der Waals surface area contributed by atoms with Crippen molar-refractivity contribution in [3.05, 3.63) is 76.4 Å². The van der Waals surface area contributed by atoms with E-state index in [4.69, 9.17) is 0 Å². The van der Waals surface area contributed by atoms with Gasteiger partial charge in [-0.25, -0.2) is 4.98 Å². The van der Waals surface area contributed by atoms with Gasteiger partial charge in [-0.3, -0.25) is 10.1 Å². The van der Waals surface area contributed by atoms with Gasteiger partial charge in [0, 0.05) is 50.3 Å². The molecule has 0 spiro atoms. The van der Waals surface area contributed by atoms with E-state index in [0.717, 1.165) is 18.2 Å². The Morgan fingerprint density at radius 3 is 2.12 bits per heavy atom. The predicted molar refractivity (Wildman–Crippen MR) is 111 cm³/mol. The zero-order valence-corrected chi connectivity index (χ0v) is 17.3. The molecule has 2 heterocycles. The fourth-order valence-corrected chi connectivity index (χ4v) is 3.89. The largest absolute Gasteiger partial charge is 0.418 e. The van der Waals surface area contributed by atoms with Crippen LogP contribution in [0.2, 0.25) is 0 Å². The van der Waals surface area contributed by atoms with E-state index in [1.165, 1.54) is 40.3 Å². The first kappa shape index (κ1) is 23.4. The molecule has 0 unspecified atom stereocenters. The van der Waals surface area contributed by atoms with Crippen LogP contribution in [0.3, 0.4) is 0 Å². The lowest BCUT2D eigenvalue weighted by Gasteiger charge is -2.38. The summed E-state index contributed by atoms with van der Waals surface area (Å²) >= 11 is 0. The molecule has 0 atom stereocenters. The van der Waals surface area contributed by atoms with Crippen LogP contribution in [0.5, 0.6) is 0 Å². The molecular weight excluding hydrogens is 468 g/mol. The number of anilines is 2. The number of rotatable bonds is 4. The Balaban J connectivity index is 1.66. The van der Waals surface area contributed by atoms with E-state index in [9.17, 15) is 36.5 Å². The first-order valence-corrected chi connectivity index (χ1v) is 10.0. The number of halogens is 6. The molecule has 1 saturated heterocycles. The summed E-state index contributed by atoms with van der Waals surface area (Å²) in [7, 11) is 0. The molecule has 13 heteroatoms. The Bertz CT molecular complexity index is 1190.